The number of hydrogen-bond acceptors (Lipinski definition) is 4. The van der Waals surface area contributed by atoms with E-state index in [0.29, 0.717) is 0 Å². The lowest BCUT2D eigenvalue weighted by molar-refractivity contribution is -0.190. The zero-order valence-corrected chi connectivity index (χ0v) is 22.3. The van der Waals surface area contributed by atoms with Crippen LogP contribution in [0.1, 0.15) is 88.9 Å². The number of halogens is 1. The normalized spacial score (nSPS) is 17.6. The average Bonchev–Trinajstić information content (AvgIpc) is 2.86. The highest BCUT2D eigenvalue weighted by molar-refractivity contribution is 8.06. The Balaban J connectivity index is 0.00000165. The maximum Gasteiger partial charge on any atom is 0.212 e. The number of thiol groups is 1. The van der Waals surface area contributed by atoms with Gasteiger partial charge in [-0.25, -0.2) is 12.5 Å². The third kappa shape index (κ3) is 14.2. The quantitative estimate of drug-likeness (QED) is 0.108. The van der Waals surface area contributed by atoms with Crippen molar-refractivity contribution in [3.05, 3.63) is 47.5 Å². The third-order valence-electron chi connectivity index (χ3n) is 5.51. The lowest BCUT2D eigenvalue weighted by Crippen LogP contribution is -2.28. The van der Waals surface area contributed by atoms with Crippen LogP contribution < -0.4 is 0 Å². The van der Waals surface area contributed by atoms with Crippen molar-refractivity contribution in [2.45, 2.75) is 103 Å². The van der Waals surface area contributed by atoms with Crippen LogP contribution in [0.2, 0.25) is 6.82 Å². The highest BCUT2D eigenvalue weighted by Gasteiger charge is 2.19. The van der Waals surface area contributed by atoms with E-state index in [9.17, 15) is 4.39 Å². The Morgan fingerprint density at radius 3 is 2.88 bits per heavy atom. The van der Waals surface area contributed by atoms with Crippen molar-refractivity contribution < 1.29 is 20.3 Å². The first kappa shape index (κ1) is 27.3. The van der Waals surface area contributed by atoms with E-state index in [0.717, 1.165) is 56.3 Å². The van der Waals surface area contributed by atoms with E-state index in [1.54, 1.807) is 6.82 Å². The van der Waals surface area contributed by atoms with Crippen molar-refractivity contribution in [2.75, 3.05) is 13.8 Å². The summed E-state index contributed by atoms with van der Waals surface area (Å²) in [5.74, 6) is 6.40. The highest BCUT2D eigenvalue weighted by atomic mass is 32.1. The van der Waals surface area contributed by atoms with Crippen LogP contribution in [-0.4, -0.2) is 40.6 Å². The van der Waals surface area contributed by atoms with Crippen LogP contribution in [0.5, 0.6) is 0 Å². The third-order valence-corrected chi connectivity index (χ3v) is 5.51. The fourth-order valence-electron chi connectivity index (χ4n) is 3.81. The summed E-state index contributed by atoms with van der Waals surface area (Å²) in [7, 11) is -1.00. The molecule has 0 aliphatic carbocycles. The molecule has 1 N–H and O–H groups in total. The lowest BCUT2D eigenvalue weighted by Gasteiger charge is -2.27. The fourth-order valence-corrected chi connectivity index (χ4v) is 3.81. The molecule has 1 fully saturated rings. The first-order valence-electron chi connectivity index (χ1n) is 14.1. The van der Waals surface area contributed by atoms with Crippen LogP contribution in [0.15, 0.2) is 30.9 Å². The van der Waals surface area contributed by atoms with Crippen LogP contribution in [-0.2, 0) is 15.9 Å². The zero-order chi connectivity index (χ0) is 27.9. The molecule has 0 aromatic heterocycles. The zero-order valence-electron chi connectivity index (χ0n) is 24.4. The molecule has 0 spiro atoms. The minimum Gasteiger partial charge on any atom is -0.376 e. The van der Waals surface area contributed by atoms with Crippen molar-refractivity contribution in [1.82, 2.24) is 0 Å². The summed E-state index contributed by atoms with van der Waals surface area (Å²) in [5.41, 5.74) is 3.28. The van der Waals surface area contributed by atoms with E-state index >= 15 is 0 Å². The van der Waals surface area contributed by atoms with Gasteiger partial charge in [0.15, 0.2) is 12.8 Å². The van der Waals surface area contributed by atoms with Crippen molar-refractivity contribution in [2.24, 2.45) is 0 Å². The molecule has 1 aliphatic heterocycles. The number of aliphatic hydroxyl groups excluding tert-OH is 1. The SMILES string of the molecule is [2H]B(C)S.[2H]CF.[3H]O[C@@H](C#CCC[C@H](CCCCC)OC1CCCCO1)c1cccc(C)c1CC=C. The van der Waals surface area contributed by atoms with E-state index in [1.807, 2.05) is 18.2 Å². The molecule has 1 aromatic carbocycles. The number of hydrogen-bond donors (Lipinski definition) is 2. The Kier molecular flexibility index (Phi) is 17.9. The molecule has 0 saturated carbocycles. The molecular formula is C28H46BFO3S. The smallest absolute Gasteiger partial charge is 0.212 e. The van der Waals surface area contributed by atoms with Gasteiger partial charge in [0.25, 0.3) is 0 Å². The van der Waals surface area contributed by atoms with Gasteiger partial charge >= 0.3 is 0 Å². The minimum atomic E-state index is -1.00. The number of alkyl halides is 1. The van der Waals surface area contributed by atoms with E-state index < -0.39 is 13.3 Å². The molecule has 0 amide bonds. The molecule has 1 saturated heterocycles. The maximum atomic E-state index is 9.96. The molecule has 6 heteroatoms. The molecular weight excluding hydrogens is 446 g/mol. The Labute approximate surface area is 218 Å². The second-order valence-corrected chi connectivity index (χ2v) is 8.70. The summed E-state index contributed by atoms with van der Waals surface area (Å²) in [5, 5.41) is 4.98. The van der Waals surface area contributed by atoms with E-state index in [-0.39, 0.29) is 18.9 Å². The number of benzene rings is 1. The molecule has 1 aliphatic rings. The summed E-state index contributed by atoms with van der Waals surface area (Å²) >= 11 is 3.63. The van der Waals surface area contributed by atoms with Gasteiger partial charge < -0.3 is 14.6 Å². The van der Waals surface area contributed by atoms with Gasteiger partial charge in [-0.1, -0.05) is 63.2 Å². The summed E-state index contributed by atoms with van der Waals surface area (Å²) in [6.45, 7) is 10.4. The number of rotatable bonds is 12. The van der Waals surface area contributed by atoms with Crippen LogP contribution in [0.3, 0.4) is 0 Å². The van der Waals surface area contributed by atoms with Crippen molar-refractivity contribution >= 4 is 19.0 Å². The number of aryl methyl sites for hydroxylation is 1. The summed E-state index contributed by atoms with van der Waals surface area (Å²) < 4.78 is 41.5. The van der Waals surface area contributed by atoms with Crippen LogP contribution >= 0.6 is 12.5 Å². The average molecular weight is 497 g/mol. The van der Waals surface area contributed by atoms with Crippen LogP contribution in [0.25, 0.3) is 0 Å². The monoisotopic (exact) mass is 496 g/mol. The molecule has 34 heavy (non-hydrogen) atoms. The maximum absolute atomic E-state index is 9.96. The number of unbranched alkanes of at least 4 members (excludes halogenated alkanes) is 2. The lowest BCUT2D eigenvalue weighted by atomic mass is 9.95. The standard InChI is InChI=1S/C26H38O3.CH5BS.CH3F/c1-4-6-7-15-22(29-26-19-10-11-20-28-26)16-8-9-18-25(27)24-17-12-14-21(3)23(24)13-5-2;1-2-3;1-2/h5,12,14,17,22,25-27H,2,4,6-8,10-11,13,15-16,19-20H2,1,3H3;2-3H,1H3;1H3/t22-,25-,26?;;/m0../s1/i27T;2D;1D. The Bertz CT molecular complexity index is 768. The van der Waals surface area contributed by atoms with Gasteiger partial charge in [-0.15, -0.1) is 12.5 Å². The van der Waals surface area contributed by atoms with Crippen LogP contribution in [0, 0.1) is 18.8 Å². The van der Waals surface area contributed by atoms with Crippen LogP contribution in [0.4, 0.5) is 4.39 Å². The Hall–Kier alpha value is -1.26. The first-order valence-corrected chi connectivity index (χ1v) is 12.9. The van der Waals surface area contributed by atoms with Gasteiger partial charge in [0.1, 0.15) is 6.10 Å². The molecule has 0 bridgehead atoms. The Morgan fingerprint density at radius 1 is 1.50 bits per heavy atom. The Morgan fingerprint density at radius 2 is 2.26 bits per heavy atom. The molecule has 3 atom stereocenters. The van der Waals surface area contributed by atoms with E-state index in [1.165, 1.54) is 31.2 Å². The number of aliphatic hydroxyl groups is 1. The van der Waals surface area contributed by atoms with Gasteiger partial charge in [-0.05, 0) is 63.5 Å². The predicted octanol–water partition coefficient (Wildman–Crippen LogP) is 6.93. The second-order valence-electron chi connectivity index (χ2n) is 8.18. The van der Waals surface area contributed by atoms with Gasteiger partial charge in [-0.2, -0.15) is 0 Å². The molecule has 3 nitrogen and oxygen atoms in total. The molecule has 1 heterocycles. The predicted molar refractivity (Wildman–Crippen MR) is 149 cm³/mol. The fraction of sp³-hybridized carbons (Fsp3) is 0.643. The summed E-state index contributed by atoms with van der Waals surface area (Å²) in [6, 6.07) is 6.06. The molecule has 192 valence electrons. The largest absolute Gasteiger partial charge is 0.376 e. The summed E-state index contributed by atoms with van der Waals surface area (Å²) in [6.07, 6.45) is 11.8. The highest BCUT2D eigenvalue weighted by Crippen LogP contribution is 2.23. The summed E-state index contributed by atoms with van der Waals surface area (Å²) in [4.78, 5) is 0. The van der Waals surface area contributed by atoms with Gasteiger partial charge in [0.2, 0.25) is 1.43 Å². The first-order chi connectivity index (χ1) is 17.8. The van der Waals surface area contributed by atoms with E-state index in [4.69, 9.17) is 18.7 Å². The van der Waals surface area contributed by atoms with Crippen molar-refractivity contribution in [1.29, 1.82) is 2.77 Å². The molecule has 0 radical (unpaired) electrons. The van der Waals surface area contributed by atoms with Crippen molar-refractivity contribution in [3.63, 3.8) is 0 Å². The van der Waals surface area contributed by atoms with Gasteiger partial charge in [0, 0.05) is 13.0 Å². The molecule has 2 rings (SSSR count). The number of ether oxygens (including phenoxy) is 2. The topological polar surface area (TPSA) is 38.7 Å². The van der Waals surface area contributed by atoms with Gasteiger partial charge in [-0.3, -0.25) is 4.39 Å². The van der Waals surface area contributed by atoms with Crippen molar-refractivity contribution in [3.8, 4) is 11.8 Å². The second kappa shape index (κ2) is 22.2. The molecule has 1 unspecified atom stereocenters. The number of allylic oxidation sites excluding steroid dienone is 1. The minimum absolute atomic E-state index is 0.0589. The van der Waals surface area contributed by atoms with Gasteiger partial charge in [0.05, 0.1) is 14.6 Å². The van der Waals surface area contributed by atoms with E-state index in [2.05, 4.69) is 50.8 Å². The molecule has 1 aromatic rings.